The number of carbonyl (C=O) groups is 6. The Morgan fingerprint density at radius 3 is 2.25 bits per heavy atom. The molecule has 0 fully saturated rings. The minimum absolute atomic E-state index is 0.0373. The summed E-state index contributed by atoms with van der Waals surface area (Å²) in [5, 5.41) is 7.17. The van der Waals surface area contributed by atoms with E-state index in [1.54, 1.807) is 6.92 Å². The maximum absolute atomic E-state index is 12.5. The molecular formula is C20H32N4O8. The number of ketones is 1. The van der Waals surface area contributed by atoms with Crippen molar-refractivity contribution in [1.82, 2.24) is 16.0 Å². The minimum Gasteiger partial charge on any atom is -0.469 e. The predicted octanol–water partition coefficient (Wildman–Crippen LogP) is -1.53. The molecule has 0 saturated carbocycles. The lowest BCUT2D eigenvalue weighted by Crippen LogP contribution is -2.53. The maximum Gasteiger partial charge on any atom is 0.328 e. The Kier molecular flexibility index (Phi) is 13.9. The summed E-state index contributed by atoms with van der Waals surface area (Å²) >= 11 is 0. The number of nitrogens with two attached hydrogens (primary N) is 1. The first-order valence-corrected chi connectivity index (χ1v) is 10.0. The first-order chi connectivity index (χ1) is 15.0. The van der Waals surface area contributed by atoms with E-state index in [2.05, 4.69) is 27.3 Å². The number of rotatable bonds is 15. The molecular weight excluding hydrogens is 424 g/mol. The summed E-state index contributed by atoms with van der Waals surface area (Å²) in [5.41, 5.74) is 5.54. The van der Waals surface area contributed by atoms with E-state index in [9.17, 15) is 28.8 Å². The molecule has 0 aliphatic rings. The van der Waals surface area contributed by atoms with Crippen molar-refractivity contribution in [2.45, 2.75) is 57.7 Å². The Morgan fingerprint density at radius 2 is 1.72 bits per heavy atom. The van der Waals surface area contributed by atoms with E-state index in [0.717, 1.165) is 7.11 Å². The summed E-state index contributed by atoms with van der Waals surface area (Å²) < 4.78 is 9.35. The highest BCUT2D eigenvalue weighted by atomic mass is 16.5. The zero-order valence-corrected chi connectivity index (χ0v) is 18.6. The van der Waals surface area contributed by atoms with E-state index in [-0.39, 0.29) is 38.1 Å². The molecule has 0 bridgehead atoms. The van der Waals surface area contributed by atoms with E-state index in [0.29, 0.717) is 0 Å². The smallest absolute Gasteiger partial charge is 0.328 e. The summed E-state index contributed by atoms with van der Waals surface area (Å²) in [7, 11) is 1.15. The molecule has 5 N–H and O–H groups in total. The van der Waals surface area contributed by atoms with Crippen LogP contribution < -0.4 is 21.7 Å². The van der Waals surface area contributed by atoms with Crippen LogP contribution in [0.1, 0.15) is 39.5 Å². The molecule has 3 unspecified atom stereocenters. The predicted molar refractivity (Wildman–Crippen MR) is 113 cm³/mol. The Hall–Kier alpha value is -3.28. The van der Waals surface area contributed by atoms with Gasteiger partial charge in [0.25, 0.3) is 0 Å². The van der Waals surface area contributed by atoms with Crippen LogP contribution in [0.3, 0.4) is 0 Å². The van der Waals surface area contributed by atoms with Gasteiger partial charge in [0, 0.05) is 6.42 Å². The van der Waals surface area contributed by atoms with Crippen molar-refractivity contribution < 1.29 is 38.2 Å². The molecule has 0 spiro atoms. The normalized spacial score (nSPS) is 13.0. The highest BCUT2D eigenvalue weighted by molar-refractivity contribution is 5.93. The quantitative estimate of drug-likeness (QED) is 0.168. The Bertz CT molecular complexity index is 710. The molecule has 3 amide bonds. The largest absolute Gasteiger partial charge is 0.469 e. The first kappa shape index (κ1) is 28.7. The number of nitrogens with one attached hydrogen (secondary N) is 3. The second-order valence-corrected chi connectivity index (χ2v) is 6.85. The van der Waals surface area contributed by atoms with Crippen LogP contribution in [0.4, 0.5) is 0 Å². The van der Waals surface area contributed by atoms with Crippen molar-refractivity contribution >= 4 is 35.4 Å². The molecule has 12 heteroatoms. The zero-order chi connectivity index (χ0) is 24.7. The van der Waals surface area contributed by atoms with Gasteiger partial charge in [0.2, 0.25) is 17.7 Å². The second-order valence-electron chi connectivity index (χ2n) is 6.85. The van der Waals surface area contributed by atoms with Gasteiger partial charge in [-0.15, -0.1) is 0 Å². The Morgan fingerprint density at radius 1 is 1.06 bits per heavy atom. The highest BCUT2D eigenvalue weighted by Gasteiger charge is 2.27. The molecule has 0 radical (unpaired) electrons. The van der Waals surface area contributed by atoms with Crippen molar-refractivity contribution in [3.05, 3.63) is 12.7 Å². The van der Waals surface area contributed by atoms with Crippen LogP contribution in [0.2, 0.25) is 0 Å². The van der Waals surface area contributed by atoms with Gasteiger partial charge in [-0.05, 0) is 19.8 Å². The number of methoxy groups -OCH3 is 1. The lowest BCUT2D eigenvalue weighted by atomic mass is 10.1. The molecule has 0 aliphatic carbocycles. The van der Waals surface area contributed by atoms with Crippen LogP contribution in [0.25, 0.3) is 0 Å². The molecule has 0 aliphatic heterocycles. The summed E-state index contributed by atoms with van der Waals surface area (Å²) in [6.07, 6.45) is 1.29. The molecule has 0 heterocycles. The van der Waals surface area contributed by atoms with Gasteiger partial charge in [-0.1, -0.05) is 19.6 Å². The average molecular weight is 456 g/mol. The number of esters is 2. The molecule has 12 nitrogen and oxygen atoms in total. The number of amides is 3. The topological polar surface area (TPSA) is 183 Å². The summed E-state index contributed by atoms with van der Waals surface area (Å²) in [6.45, 7) is 5.89. The van der Waals surface area contributed by atoms with Gasteiger partial charge in [-0.25, -0.2) is 4.79 Å². The number of hydrogen-bond acceptors (Lipinski definition) is 9. The monoisotopic (exact) mass is 456 g/mol. The summed E-state index contributed by atoms with van der Waals surface area (Å²) in [6, 6.07) is -3.27. The van der Waals surface area contributed by atoms with E-state index in [1.165, 1.54) is 13.0 Å². The van der Waals surface area contributed by atoms with E-state index in [4.69, 9.17) is 10.5 Å². The zero-order valence-electron chi connectivity index (χ0n) is 18.6. The van der Waals surface area contributed by atoms with Crippen molar-refractivity contribution in [1.29, 1.82) is 0 Å². The van der Waals surface area contributed by atoms with Crippen LogP contribution in [-0.2, 0) is 38.2 Å². The molecule has 180 valence electrons. The van der Waals surface area contributed by atoms with Gasteiger partial charge in [-0.3, -0.25) is 19.2 Å². The van der Waals surface area contributed by atoms with Gasteiger partial charge in [0.15, 0.2) is 0 Å². The van der Waals surface area contributed by atoms with Gasteiger partial charge in [0.05, 0.1) is 26.1 Å². The fourth-order valence-corrected chi connectivity index (χ4v) is 2.36. The summed E-state index contributed by atoms with van der Waals surface area (Å²) in [4.78, 5) is 71.0. The van der Waals surface area contributed by atoms with Gasteiger partial charge in [-0.2, -0.15) is 0 Å². The van der Waals surface area contributed by atoms with Gasteiger partial charge < -0.3 is 36.0 Å². The summed E-state index contributed by atoms with van der Waals surface area (Å²) in [5.74, 6) is -3.64. The maximum atomic E-state index is 12.5. The van der Waals surface area contributed by atoms with Gasteiger partial charge in [0.1, 0.15) is 24.5 Å². The second kappa shape index (κ2) is 15.5. The third-order valence-electron chi connectivity index (χ3n) is 4.16. The number of hydrogen-bond donors (Lipinski definition) is 4. The molecule has 0 rings (SSSR count). The molecule has 0 aromatic heterocycles. The lowest BCUT2D eigenvalue weighted by molar-refractivity contribution is -0.147. The van der Waals surface area contributed by atoms with Crippen molar-refractivity contribution in [3.63, 3.8) is 0 Å². The van der Waals surface area contributed by atoms with E-state index in [1.807, 2.05) is 0 Å². The Labute approximate surface area is 186 Å². The first-order valence-electron chi connectivity index (χ1n) is 10.0. The fourth-order valence-electron chi connectivity index (χ4n) is 2.36. The average Bonchev–Trinajstić information content (AvgIpc) is 2.76. The number of Topliss-reactive ketones (excluding diaryl/α,β-unsaturated/α-hetero) is 1. The van der Waals surface area contributed by atoms with E-state index >= 15 is 0 Å². The van der Waals surface area contributed by atoms with Crippen molar-refractivity contribution in [2.75, 3.05) is 20.3 Å². The van der Waals surface area contributed by atoms with Gasteiger partial charge >= 0.3 is 11.9 Å². The van der Waals surface area contributed by atoms with Crippen molar-refractivity contribution in [2.24, 2.45) is 5.73 Å². The Balaban J connectivity index is 4.84. The number of carbonyl (C=O) groups excluding carboxylic acids is 6. The number of ether oxygens (including phenoxy) is 2. The molecule has 0 saturated heterocycles. The van der Waals surface area contributed by atoms with Crippen LogP contribution in [0.5, 0.6) is 0 Å². The van der Waals surface area contributed by atoms with Crippen LogP contribution >= 0.6 is 0 Å². The fraction of sp³-hybridized carbons (Fsp3) is 0.600. The molecule has 32 heavy (non-hydrogen) atoms. The minimum atomic E-state index is -1.19. The van der Waals surface area contributed by atoms with Crippen LogP contribution in [0, 0.1) is 0 Å². The third kappa shape index (κ3) is 11.8. The molecule has 0 aromatic carbocycles. The van der Waals surface area contributed by atoms with Crippen LogP contribution in [-0.4, -0.2) is 73.8 Å². The lowest BCUT2D eigenvalue weighted by Gasteiger charge is -2.22. The van der Waals surface area contributed by atoms with E-state index < -0.39 is 54.3 Å². The van der Waals surface area contributed by atoms with Crippen LogP contribution in [0.15, 0.2) is 12.7 Å². The third-order valence-corrected chi connectivity index (χ3v) is 4.16. The standard InChI is InChI=1S/C20H32N4O8/c1-5-9-32-20(30)15(8-7-12(3)25)24-19(29)14(6-2)23-16(26)11-22-18(28)13(21)10-17(27)31-4/h5,13-15H,1,6-11,21H2,2-4H3,(H,22,28)(H,23,26)(H,24,29). The SMILES string of the molecule is C=CCOC(=O)C(CCC(C)=O)NC(=O)C(CC)NC(=O)CNC(=O)C(N)CC(=O)OC. The highest BCUT2D eigenvalue weighted by Crippen LogP contribution is 2.03. The molecule has 3 atom stereocenters. The van der Waals surface area contributed by atoms with Crippen molar-refractivity contribution in [3.8, 4) is 0 Å². The molecule has 0 aromatic rings.